The van der Waals surface area contributed by atoms with Crippen LogP contribution in [0.25, 0.3) is 20.7 Å². The molecule has 28 heavy (non-hydrogen) atoms. The number of pyridine rings is 1. The second-order valence-corrected chi connectivity index (χ2v) is 7.44. The molecule has 4 rings (SSSR count). The van der Waals surface area contributed by atoms with Crippen LogP contribution < -0.4 is 15.7 Å². The van der Waals surface area contributed by atoms with Crippen LogP contribution in [0.15, 0.2) is 64.6 Å². The molecule has 0 aliphatic rings. The lowest BCUT2D eigenvalue weighted by Crippen LogP contribution is -2.22. The van der Waals surface area contributed by atoms with Crippen molar-refractivity contribution in [3.05, 3.63) is 81.3 Å². The van der Waals surface area contributed by atoms with Gasteiger partial charge in [-0.1, -0.05) is 37.3 Å². The topological polar surface area (TPSA) is 77.0 Å². The van der Waals surface area contributed by atoms with Gasteiger partial charge in [0.1, 0.15) is 4.83 Å². The minimum Gasteiger partial charge on any atom is -0.488 e. The molecule has 0 fully saturated rings. The molecule has 142 valence electrons. The summed E-state index contributed by atoms with van der Waals surface area (Å²) in [5.74, 6) is 0.289. The van der Waals surface area contributed by atoms with E-state index in [4.69, 9.17) is 4.74 Å². The van der Waals surface area contributed by atoms with E-state index >= 15 is 0 Å². The van der Waals surface area contributed by atoms with E-state index in [0.717, 1.165) is 16.9 Å². The molecular weight excluding hydrogens is 374 g/mol. The predicted molar refractivity (Wildman–Crippen MR) is 111 cm³/mol. The summed E-state index contributed by atoms with van der Waals surface area (Å²) in [6.45, 7) is 2.71. The fourth-order valence-electron chi connectivity index (χ4n) is 2.92. The summed E-state index contributed by atoms with van der Waals surface area (Å²) >= 11 is 1.49. The zero-order valence-electron chi connectivity index (χ0n) is 15.3. The van der Waals surface area contributed by atoms with Crippen LogP contribution in [0.2, 0.25) is 0 Å². The Bertz CT molecular complexity index is 1230. The van der Waals surface area contributed by atoms with E-state index in [2.05, 4.69) is 9.97 Å². The molecule has 0 atom stereocenters. The number of hydrogen-bond acceptors (Lipinski definition) is 5. The van der Waals surface area contributed by atoms with E-state index in [0.29, 0.717) is 22.5 Å². The predicted octanol–water partition coefficient (Wildman–Crippen LogP) is 3.65. The van der Waals surface area contributed by atoms with E-state index in [9.17, 15) is 9.59 Å². The Morgan fingerprint density at radius 3 is 2.75 bits per heavy atom. The molecule has 0 saturated carbocycles. The van der Waals surface area contributed by atoms with Gasteiger partial charge in [0.25, 0.3) is 5.56 Å². The maximum atomic E-state index is 12.9. The molecule has 3 heterocycles. The van der Waals surface area contributed by atoms with Crippen LogP contribution >= 0.6 is 11.3 Å². The number of benzene rings is 1. The Kier molecular flexibility index (Phi) is 5.08. The van der Waals surface area contributed by atoms with E-state index in [1.807, 2.05) is 43.3 Å². The average molecular weight is 393 g/mol. The van der Waals surface area contributed by atoms with E-state index in [1.54, 1.807) is 6.20 Å². The van der Waals surface area contributed by atoms with Crippen molar-refractivity contribution in [2.45, 2.75) is 19.9 Å². The van der Waals surface area contributed by atoms with Gasteiger partial charge in [0.15, 0.2) is 5.75 Å². The number of H-pyrrole nitrogens is 1. The van der Waals surface area contributed by atoms with Gasteiger partial charge in [-0.15, -0.1) is 11.3 Å². The van der Waals surface area contributed by atoms with Crippen molar-refractivity contribution in [1.82, 2.24) is 14.5 Å². The van der Waals surface area contributed by atoms with Gasteiger partial charge in [0.05, 0.1) is 24.9 Å². The molecule has 0 spiro atoms. The largest absolute Gasteiger partial charge is 0.488 e. The first-order valence-corrected chi connectivity index (χ1v) is 9.86. The second-order valence-electron chi connectivity index (χ2n) is 6.41. The van der Waals surface area contributed by atoms with Crippen molar-refractivity contribution >= 4 is 21.6 Å². The van der Waals surface area contributed by atoms with E-state index in [1.165, 1.54) is 28.3 Å². The monoisotopic (exact) mass is 393 g/mol. The summed E-state index contributed by atoms with van der Waals surface area (Å²) in [6, 6.07) is 13.3. The van der Waals surface area contributed by atoms with Crippen molar-refractivity contribution in [1.29, 1.82) is 0 Å². The van der Waals surface area contributed by atoms with Crippen LogP contribution in [0.3, 0.4) is 0 Å². The molecule has 6 nitrogen and oxygen atoms in total. The summed E-state index contributed by atoms with van der Waals surface area (Å²) in [6.07, 6.45) is 3.89. The zero-order chi connectivity index (χ0) is 19.5. The number of aromatic amines is 1. The molecule has 0 aliphatic heterocycles. The number of rotatable bonds is 6. The molecular formula is C21H19N3O3S. The highest BCUT2D eigenvalue weighted by Crippen LogP contribution is 2.30. The Morgan fingerprint density at radius 2 is 2.00 bits per heavy atom. The molecule has 0 bridgehead atoms. The van der Waals surface area contributed by atoms with Crippen molar-refractivity contribution in [3.8, 4) is 16.2 Å². The first kappa shape index (κ1) is 18.2. The highest BCUT2D eigenvalue weighted by Gasteiger charge is 2.11. The third-order valence-electron chi connectivity index (χ3n) is 4.32. The van der Waals surface area contributed by atoms with Crippen LogP contribution in [0.5, 0.6) is 5.75 Å². The maximum absolute atomic E-state index is 12.9. The minimum absolute atomic E-state index is 0.129. The smallest absolute Gasteiger partial charge is 0.262 e. The zero-order valence-corrected chi connectivity index (χ0v) is 16.2. The molecule has 0 saturated heterocycles. The number of hydrogen-bond donors (Lipinski definition) is 1. The highest BCUT2D eigenvalue weighted by atomic mass is 32.1. The van der Waals surface area contributed by atoms with Crippen LogP contribution in [-0.2, 0) is 6.54 Å². The summed E-state index contributed by atoms with van der Waals surface area (Å²) in [4.78, 5) is 34.2. The van der Waals surface area contributed by atoms with Gasteiger partial charge in [-0.3, -0.25) is 14.2 Å². The third kappa shape index (κ3) is 3.61. The highest BCUT2D eigenvalue weighted by molar-refractivity contribution is 7.21. The van der Waals surface area contributed by atoms with E-state index in [-0.39, 0.29) is 23.3 Å². The van der Waals surface area contributed by atoms with Gasteiger partial charge in [0, 0.05) is 22.8 Å². The van der Waals surface area contributed by atoms with Gasteiger partial charge in [-0.2, -0.15) is 0 Å². The summed E-state index contributed by atoms with van der Waals surface area (Å²) < 4.78 is 6.90. The Hall–Kier alpha value is -3.19. The van der Waals surface area contributed by atoms with Crippen molar-refractivity contribution in [2.24, 2.45) is 0 Å². The van der Waals surface area contributed by atoms with Crippen LogP contribution in [0.1, 0.15) is 19.0 Å². The number of nitrogens with zero attached hydrogens (tertiary/aromatic N) is 2. The molecule has 0 unspecified atom stereocenters. The lowest BCUT2D eigenvalue weighted by molar-refractivity contribution is 0.313. The molecule has 1 aromatic carbocycles. The van der Waals surface area contributed by atoms with Crippen molar-refractivity contribution in [3.63, 3.8) is 0 Å². The van der Waals surface area contributed by atoms with Crippen molar-refractivity contribution in [2.75, 3.05) is 6.61 Å². The molecule has 0 aliphatic carbocycles. The Labute approximate surface area is 165 Å². The number of ether oxygens (including phenoxy) is 1. The quantitative estimate of drug-likeness (QED) is 0.542. The van der Waals surface area contributed by atoms with Crippen LogP contribution in [0, 0.1) is 0 Å². The van der Waals surface area contributed by atoms with Gasteiger partial charge in [0.2, 0.25) is 5.43 Å². The average Bonchev–Trinajstić information content (AvgIpc) is 3.15. The first-order valence-electron chi connectivity index (χ1n) is 9.04. The van der Waals surface area contributed by atoms with E-state index < -0.39 is 0 Å². The van der Waals surface area contributed by atoms with Crippen molar-refractivity contribution < 1.29 is 4.74 Å². The van der Waals surface area contributed by atoms with Crippen LogP contribution in [0.4, 0.5) is 0 Å². The first-order chi connectivity index (χ1) is 13.7. The molecule has 7 heteroatoms. The summed E-state index contributed by atoms with van der Waals surface area (Å²) in [7, 11) is 0. The standard InChI is InChI=1S/C21H19N3O3S/c1-2-8-27-18-11-22-15(9-17(18)25)12-24-13-23-20-16(21(24)26)10-19(28-20)14-6-4-3-5-7-14/h3-7,9-11,13H,2,8,12H2,1H3,(H,22,25). The maximum Gasteiger partial charge on any atom is 0.262 e. The minimum atomic E-state index is -0.203. The number of aromatic nitrogens is 3. The Balaban J connectivity index is 1.65. The molecule has 4 aromatic rings. The van der Waals surface area contributed by atoms with Gasteiger partial charge in [-0.05, 0) is 18.1 Å². The van der Waals surface area contributed by atoms with Crippen LogP contribution in [-0.4, -0.2) is 21.1 Å². The van der Waals surface area contributed by atoms with Gasteiger partial charge < -0.3 is 9.72 Å². The Morgan fingerprint density at radius 1 is 1.18 bits per heavy atom. The molecule has 0 radical (unpaired) electrons. The summed E-state index contributed by atoms with van der Waals surface area (Å²) in [5.41, 5.74) is 1.35. The fraction of sp³-hybridized carbons (Fsp3) is 0.190. The molecule has 0 amide bonds. The third-order valence-corrected chi connectivity index (χ3v) is 5.41. The number of nitrogens with one attached hydrogen (secondary N) is 1. The number of fused-ring (bicyclic) bond motifs is 1. The second kappa shape index (κ2) is 7.82. The summed E-state index contributed by atoms with van der Waals surface area (Å²) in [5, 5.41) is 0.580. The lowest BCUT2D eigenvalue weighted by atomic mass is 10.2. The van der Waals surface area contributed by atoms with Gasteiger partial charge in [-0.25, -0.2) is 4.98 Å². The SMILES string of the molecule is CCCOc1c[nH]c(Cn2cnc3sc(-c4ccccc4)cc3c2=O)cc1=O. The number of thiophene rings is 1. The molecule has 1 N–H and O–H groups in total. The normalized spacial score (nSPS) is 11.0. The molecule has 3 aromatic heterocycles. The van der Waals surface area contributed by atoms with Gasteiger partial charge >= 0.3 is 0 Å². The fourth-order valence-corrected chi connectivity index (χ4v) is 3.91. The lowest BCUT2D eigenvalue weighted by Gasteiger charge is -2.07.